The first-order valence-corrected chi connectivity index (χ1v) is 8.91. The topological polar surface area (TPSA) is 56.2 Å². The summed E-state index contributed by atoms with van der Waals surface area (Å²) in [7, 11) is 0. The van der Waals surface area contributed by atoms with E-state index in [0.717, 1.165) is 10.7 Å². The Balaban J connectivity index is 1.89. The van der Waals surface area contributed by atoms with Gasteiger partial charge in [0.25, 0.3) is 5.91 Å². The summed E-state index contributed by atoms with van der Waals surface area (Å²) in [6.07, 6.45) is 0. The highest BCUT2D eigenvalue weighted by Crippen LogP contribution is 2.27. The summed E-state index contributed by atoms with van der Waals surface area (Å²) in [6, 6.07) is 4.95. The SMILES string of the molecule is Cc1nn(Cc2c(F)c(F)c(F)c(F)c2F)c(C)c1NC(=O)c1cccc(OC(F)F)c1. The van der Waals surface area contributed by atoms with Crippen LogP contribution in [-0.4, -0.2) is 22.3 Å². The van der Waals surface area contributed by atoms with Gasteiger partial charge in [0, 0.05) is 5.56 Å². The highest BCUT2D eigenvalue weighted by Gasteiger charge is 2.27. The van der Waals surface area contributed by atoms with Crippen molar-refractivity contribution in [2.45, 2.75) is 27.0 Å². The normalized spacial score (nSPS) is 11.2. The molecule has 3 aromatic rings. The zero-order chi connectivity index (χ0) is 23.7. The molecular formula is C20H14F7N3O2. The summed E-state index contributed by atoms with van der Waals surface area (Å²) in [4.78, 5) is 12.5. The van der Waals surface area contributed by atoms with Crippen molar-refractivity contribution in [3.05, 3.63) is 75.9 Å². The third-order valence-electron chi connectivity index (χ3n) is 4.55. The van der Waals surface area contributed by atoms with Gasteiger partial charge < -0.3 is 10.1 Å². The monoisotopic (exact) mass is 461 g/mol. The summed E-state index contributed by atoms with van der Waals surface area (Å²) in [5.74, 6) is -11.4. The minimum absolute atomic E-state index is 0.0329. The van der Waals surface area contributed by atoms with Crippen molar-refractivity contribution in [1.82, 2.24) is 9.78 Å². The fraction of sp³-hybridized carbons (Fsp3) is 0.200. The summed E-state index contributed by atoms with van der Waals surface area (Å²) < 4.78 is 98.0. The Morgan fingerprint density at radius 3 is 2.22 bits per heavy atom. The molecular weight excluding hydrogens is 447 g/mol. The van der Waals surface area contributed by atoms with E-state index in [-0.39, 0.29) is 28.4 Å². The number of benzene rings is 2. The zero-order valence-electron chi connectivity index (χ0n) is 16.5. The Hall–Kier alpha value is -3.57. The molecule has 0 atom stereocenters. The van der Waals surface area contributed by atoms with Gasteiger partial charge in [-0.3, -0.25) is 9.48 Å². The number of hydrogen-bond donors (Lipinski definition) is 1. The number of nitrogens with zero attached hydrogens (tertiary/aromatic N) is 2. The maximum absolute atomic E-state index is 14.0. The Kier molecular flexibility index (Phi) is 6.42. The Morgan fingerprint density at radius 2 is 1.62 bits per heavy atom. The van der Waals surface area contributed by atoms with Gasteiger partial charge in [-0.25, -0.2) is 22.0 Å². The van der Waals surface area contributed by atoms with Gasteiger partial charge in [-0.05, 0) is 32.0 Å². The summed E-state index contributed by atoms with van der Waals surface area (Å²) in [5, 5.41) is 6.46. The van der Waals surface area contributed by atoms with Crippen molar-refractivity contribution >= 4 is 11.6 Å². The van der Waals surface area contributed by atoms with Crippen molar-refractivity contribution in [2.75, 3.05) is 5.32 Å². The summed E-state index contributed by atoms with van der Waals surface area (Å²) in [5.41, 5.74) is -0.685. The average molecular weight is 461 g/mol. The molecule has 0 fully saturated rings. The molecule has 1 aromatic heterocycles. The maximum atomic E-state index is 14.0. The van der Waals surface area contributed by atoms with Crippen LogP contribution in [-0.2, 0) is 6.54 Å². The van der Waals surface area contributed by atoms with E-state index < -0.39 is 53.7 Å². The van der Waals surface area contributed by atoms with Gasteiger partial charge in [-0.15, -0.1) is 0 Å². The van der Waals surface area contributed by atoms with Gasteiger partial charge in [-0.2, -0.15) is 13.9 Å². The van der Waals surface area contributed by atoms with E-state index in [1.165, 1.54) is 32.0 Å². The van der Waals surface area contributed by atoms with Crippen molar-refractivity contribution in [1.29, 1.82) is 0 Å². The molecule has 0 bridgehead atoms. The van der Waals surface area contributed by atoms with E-state index >= 15 is 0 Å². The Morgan fingerprint density at radius 1 is 1.03 bits per heavy atom. The zero-order valence-corrected chi connectivity index (χ0v) is 16.5. The number of aromatic nitrogens is 2. The first-order valence-electron chi connectivity index (χ1n) is 8.91. The molecule has 1 amide bonds. The molecule has 12 heteroatoms. The highest BCUT2D eigenvalue weighted by atomic mass is 19.3. The molecule has 0 aliphatic rings. The third kappa shape index (κ3) is 4.39. The van der Waals surface area contributed by atoms with Gasteiger partial charge in [0.15, 0.2) is 23.3 Å². The second kappa shape index (κ2) is 8.89. The van der Waals surface area contributed by atoms with E-state index in [1.54, 1.807) is 0 Å². The number of carbonyl (C=O) groups excluding carboxylic acids is 1. The molecule has 170 valence electrons. The summed E-state index contributed by atoms with van der Waals surface area (Å²) >= 11 is 0. The number of halogens is 7. The number of anilines is 1. The van der Waals surface area contributed by atoms with Crippen LogP contribution >= 0.6 is 0 Å². The lowest BCUT2D eigenvalue weighted by Gasteiger charge is -2.11. The molecule has 3 rings (SSSR count). The van der Waals surface area contributed by atoms with Crippen LogP contribution in [0.5, 0.6) is 5.75 Å². The Bertz CT molecular complexity index is 1170. The number of alkyl halides is 2. The number of amides is 1. The number of rotatable bonds is 6. The molecule has 5 nitrogen and oxygen atoms in total. The molecule has 0 unspecified atom stereocenters. The number of aryl methyl sites for hydroxylation is 1. The van der Waals surface area contributed by atoms with E-state index in [1.807, 2.05) is 0 Å². The Labute approximate surface area is 176 Å². The van der Waals surface area contributed by atoms with Crippen LogP contribution < -0.4 is 10.1 Å². The molecule has 0 aliphatic heterocycles. The molecule has 0 saturated heterocycles. The third-order valence-corrected chi connectivity index (χ3v) is 4.55. The number of carbonyl (C=O) groups is 1. The fourth-order valence-corrected chi connectivity index (χ4v) is 2.97. The lowest BCUT2D eigenvalue weighted by atomic mass is 10.1. The van der Waals surface area contributed by atoms with Crippen LogP contribution in [0.25, 0.3) is 0 Å². The van der Waals surface area contributed by atoms with Crippen LogP contribution in [0.1, 0.15) is 27.3 Å². The van der Waals surface area contributed by atoms with Crippen LogP contribution in [0.2, 0.25) is 0 Å². The molecule has 1 heterocycles. The fourth-order valence-electron chi connectivity index (χ4n) is 2.97. The second-order valence-electron chi connectivity index (χ2n) is 6.61. The van der Waals surface area contributed by atoms with Crippen molar-refractivity contribution < 1.29 is 40.3 Å². The quantitative estimate of drug-likeness (QED) is 0.316. The number of nitrogens with one attached hydrogen (secondary N) is 1. The molecule has 0 spiro atoms. The smallest absolute Gasteiger partial charge is 0.387 e. The second-order valence-corrected chi connectivity index (χ2v) is 6.61. The predicted octanol–water partition coefficient (Wildman–Crippen LogP) is 5.10. The minimum Gasteiger partial charge on any atom is -0.435 e. The van der Waals surface area contributed by atoms with Gasteiger partial charge in [0.2, 0.25) is 5.82 Å². The van der Waals surface area contributed by atoms with Crippen LogP contribution in [0.3, 0.4) is 0 Å². The molecule has 0 aliphatic carbocycles. The average Bonchev–Trinajstić information content (AvgIpc) is 3.01. The molecule has 32 heavy (non-hydrogen) atoms. The predicted molar refractivity (Wildman–Crippen MR) is 98.1 cm³/mol. The van der Waals surface area contributed by atoms with Crippen molar-refractivity contribution in [3.8, 4) is 5.75 Å². The van der Waals surface area contributed by atoms with Gasteiger partial charge in [0.05, 0.1) is 29.2 Å². The molecule has 0 radical (unpaired) electrons. The van der Waals surface area contributed by atoms with Crippen LogP contribution in [0, 0.1) is 42.9 Å². The van der Waals surface area contributed by atoms with Gasteiger partial charge in [0.1, 0.15) is 5.75 Å². The van der Waals surface area contributed by atoms with Gasteiger partial charge >= 0.3 is 6.61 Å². The first-order chi connectivity index (χ1) is 15.0. The number of ether oxygens (including phenoxy) is 1. The first kappa shape index (κ1) is 23.1. The maximum Gasteiger partial charge on any atom is 0.387 e. The van der Waals surface area contributed by atoms with E-state index in [2.05, 4.69) is 15.2 Å². The molecule has 2 aromatic carbocycles. The van der Waals surface area contributed by atoms with Gasteiger partial charge in [-0.1, -0.05) is 6.07 Å². The van der Waals surface area contributed by atoms with Crippen molar-refractivity contribution in [2.24, 2.45) is 0 Å². The molecule has 1 N–H and O–H groups in total. The van der Waals surface area contributed by atoms with Crippen LogP contribution in [0.4, 0.5) is 36.4 Å². The minimum atomic E-state index is -3.09. The number of hydrogen-bond acceptors (Lipinski definition) is 3. The highest BCUT2D eigenvalue weighted by molar-refractivity contribution is 6.05. The lowest BCUT2D eigenvalue weighted by Crippen LogP contribution is -2.15. The summed E-state index contributed by atoms with van der Waals surface area (Å²) in [6.45, 7) is -1.05. The van der Waals surface area contributed by atoms with E-state index in [0.29, 0.717) is 0 Å². The van der Waals surface area contributed by atoms with E-state index in [9.17, 15) is 35.5 Å². The standard InChI is InChI=1S/C20H14F7N3O2/c1-8-18(28-19(31)10-4-3-5-11(6-10)32-20(26)27)9(2)30(29-8)7-12-13(21)15(23)17(25)16(24)14(12)22/h3-6,20H,7H2,1-2H3,(H,28,31). The van der Waals surface area contributed by atoms with Crippen LogP contribution in [0.15, 0.2) is 24.3 Å². The largest absolute Gasteiger partial charge is 0.435 e. The molecule has 0 saturated carbocycles. The van der Waals surface area contributed by atoms with Crippen molar-refractivity contribution in [3.63, 3.8) is 0 Å². The lowest BCUT2D eigenvalue weighted by molar-refractivity contribution is -0.0498. The van der Waals surface area contributed by atoms with E-state index in [4.69, 9.17) is 0 Å².